The summed E-state index contributed by atoms with van der Waals surface area (Å²) in [6.45, 7) is 0.437. The van der Waals surface area contributed by atoms with E-state index >= 15 is 0 Å². The first-order valence-corrected chi connectivity index (χ1v) is 7.04. The maximum Gasteiger partial charge on any atom is 0.416 e. The Balaban J connectivity index is 1.76. The van der Waals surface area contributed by atoms with Gasteiger partial charge in [0.05, 0.1) is 12.2 Å². The van der Waals surface area contributed by atoms with Crippen LogP contribution in [0.1, 0.15) is 36.3 Å². The summed E-state index contributed by atoms with van der Waals surface area (Å²) in [5, 5.41) is 2.90. The van der Waals surface area contributed by atoms with Crippen LogP contribution in [0.3, 0.4) is 0 Å². The second-order valence-electron chi connectivity index (χ2n) is 5.60. The van der Waals surface area contributed by atoms with E-state index in [2.05, 4.69) is 5.32 Å². The van der Waals surface area contributed by atoms with E-state index in [1.807, 2.05) is 0 Å². The van der Waals surface area contributed by atoms with Crippen molar-refractivity contribution in [3.8, 4) is 0 Å². The third-order valence-electron chi connectivity index (χ3n) is 4.11. The molecule has 1 aliphatic carbocycles. The van der Waals surface area contributed by atoms with Crippen LogP contribution in [-0.2, 0) is 15.7 Å². The minimum Gasteiger partial charge on any atom is -0.363 e. The minimum absolute atomic E-state index is 0.0602. The van der Waals surface area contributed by atoms with Gasteiger partial charge in [-0.05, 0) is 24.5 Å². The number of hydrogen-bond acceptors (Lipinski definition) is 2. The number of halogens is 3. The van der Waals surface area contributed by atoms with Crippen molar-refractivity contribution >= 4 is 5.91 Å². The second kappa shape index (κ2) is 5.33. The van der Waals surface area contributed by atoms with E-state index in [9.17, 15) is 18.0 Å². The van der Waals surface area contributed by atoms with Gasteiger partial charge in [-0.15, -0.1) is 0 Å². The molecule has 3 rings (SSSR count). The van der Waals surface area contributed by atoms with E-state index in [1.165, 1.54) is 12.1 Å². The molecule has 1 heterocycles. The van der Waals surface area contributed by atoms with Crippen molar-refractivity contribution in [2.45, 2.75) is 43.5 Å². The second-order valence-corrected chi connectivity index (χ2v) is 5.60. The van der Waals surface area contributed by atoms with Crippen molar-refractivity contribution in [1.29, 1.82) is 0 Å². The molecule has 114 valence electrons. The Labute approximate surface area is 120 Å². The van der Waals surface area contributed by atoms with Crippen molar-refractivity contribution in [2.24, 2.45) is 0 Å². The van der Waals surface area contributed by atoms with Gasteiger partial charge in [0, 0.05) is 12.0 Å². The highest BCUT2D eigenvalue weighted by atomic mass is 19.4. The van der Waals surface area contributed by atoms with Crippen LogP contribution in [-0.4, -0.2) is 24.7 Å². The number of ether oxygens (including phenoxy) is 1. The Morgan fingerprint density at radius 1 is 1.29 bits per heavy atom. The van der Waals surface area contributed by atoms with Gasteiger partial charge in [0.2, 0.25) is 0 Å². The molecular formula is C15H16F3NO2. The number of hydrogen-bond donors (Lipinski definition) is 1. The first-order chi connectivity index (χ1) is 9.95. The summed E-state index contributed by atoms with van der Waals surface area (Å²) in [4.78, 5) is 11.7. The lowest BCUT2D eigenvalue weighted by atomic mass is 9.92. The summed E-state index contributed by atoms with van der Waals surface area (Å²) in [6, 6.07) is 5.30. The molecule has 0 bridgehead atoms. The van der Waals surface area contributed by atoms with Crippen LogP contribution in [0.25, 0.3) is 0 Å². The van der Waals surface area contributed by atoms with Crippen LogP contribution in [0.2, 0.25) is 0 Å². The zero-order chi connectivity index (χ0) is 15.0. The van der Waals surface area contributed by atoms with Crippen molar-refractivity contribution in [3.05, 3.63) is 35.4 Å². The fourth-order valence-corrected chi connectivity index (χ4v) is 2.95. The molecule has 2 fully saturated rings. The van der Waals surface area contributed by atoms with Crippen molar-refractivity contribution < 1.29 is 22.7 Å². The minimum atomic E-state index is -4.34. The average molecular weight is 299 g/mol. The normalized spacial score (nSPS) is 28.4. The summed E-state index contributed by atoms with van der Waals surface area (Å²) in [7, 11) is 0. The van der Waals surface area contributed by atoms with E-state index in [4.69, 9.17) is 4.74 Å². The van der Waals surface area contributed by atoms with Crippen molar-refractivity contribution in [1.82, 2.24) is 5.32 Å². The Morgan fingerprint density at radius 2 is 2.05 bits per heavy atom. The van der Waals surface area contributed by atoms with Crippen molar-refractivity contribution in [3.63, 3.8) is 0 Å². The lowest BCUT2D eigenvalue weighted by Crippen LogP contribution is -2.39. The number of benzene rings is 1. The molecular weight excluding hydrogens is 283 g/mol. The molecule has 3 nitrogen and oxygen atoms in total. The lowest BCUT2D eigenvalue weighted by Gasteiger charge is -2.22. The van der Waals surface area contributed by atoms with E-state index in [0.29, 0.717) is 12.2 Å². The zero-order valence-corrected chi connectivity index (χ0v) is 11.3. The highest BCUT2D eigenvalue weighted by Gasteiger charge is 2.37. The van der Waals surface area contributed by atoms with Gasteiger partial charge < -0.3 is 10.1 Å². The molecule has 1 aromatic carbocycles. The van der Waals surface area contributed by atoms with Gasteiger partial charge in [0.15, 0.2) is 6.10 Å². The summed E-state index contributed by atoms with van der Waals surface area (Å²) < 4.78 is 43.3. The Morgan fingerprint density at radius 3 is 2.71 bits per heavy atom. The van der Waals surface area contributed by atoms with Gasteiger partial charge in [0.25, 0.3) is 5.91 Å². The summed E-state index contributed by atoms with van der Waals surface area (Å²) in [6.07, 6.45) is -2.23. The van der Waals surface area contributed by atoms with Gasteiger partial charge in [-0.25, -0.2) is 0 Å². The van der Waals surface area contributed by atoms with Crippen LogP contribution in [0, 0.1) is 0 Å². The molecule has 1 amide bonds. The quantitative estimate of drug-likeness (QED) is 0.872. The van der Waals surface area contributed by atoms with Gasteiger partial charge in [-0.1, -0.05) is 24.6 Å². The molecule has 2 aliphatic rings. The molecule has 1 N–H and O–H groups in total. The monoisotopic (exact) mass is 299 g/mol. The molecule has 1 saturated carbocycles. The van der Waals surface area contributed by atoms with Gasteiger partial charge in [-0.3, -0.25) is 4.79 Å². The molecule has 1 aromatic rings. The molecule has 1 unspecified atom stereocenters. The lowest BCUT2D eigenvalue weighted by molar-refractivity contribution is -0.137. The third-order valence-corrected chi connectivity index (χ3v) is 4.11. The standard InChI is InChI=1S/C15H16F3NO2/c16-15(17,18)10-4-1-3-9(7-10)11-5-2-6-12(11)19-14(20)13-8-21-13/h1,3-4,7,11-13H,2,5-6,8H2,(H,19,20)/t11-,12+,13?/m0/s1. The number of carbonyl (C=O) groups excluding carboxylic acids is 1. The SMILES string of the molecule is O=C(N[C@@H]1CCC[C@H]1c1cccc(C(F)(F)F)c1)C1CO1. The molecule has 0 spiro atoms. The molecule has 0 radical (unpaired) electrons. The molecule has 6 heteroatoms. The zero-order valence-electron chi connectivity index (χ0n) is 11.3. The Kier molecular flexibility index (Phi) is 3.65. The highest BCUT2D eigenvalue weighted by Crippen LogP contribution is 2.37. The van der Waals surface area contributed by atoms with E-state index in [-0.39, 0.29) is 24.0 Å². The van der Waals surface area contributed by atoms with Gasteiger partial charge in [-0.2, -0.15) is 13.2 Å². The van der Waals surface area contributed by atoms with Gasteiger partial charge in [0.1, 0.15) is 0 Å². The molecule has 1 aliphatic heterocycles. The smallest absolute Gasteiger partial charge is 0.363 e. The molecule has 1 saturated heterocycles. The average Bonchev–Trinajstić information content (AvgIpc) is 3.19. The number of epoxide rings is 1. The molecule has 0 aromatic heterocycles. The van der Waals surface area contributed by atoms with Crippen LogP contribution < -0.4 is 5.32 Å². The largest absolute Gasteiger partial charge is 0.416 e. The number of carbonyl (C=O) groups is 1. The van der Waals surface area contributed by atoms with Crippen LogP contribution in [0.15, 0.2) is 24.3 Å². The Bertz CT molecular complexity index is 540. The van der Waals surface area contributed by atoms with Crippen LogP contribution >= 0.6 is 0 Å². The number of rotatable bonds is 3. The maximum absolute atomic E-state index is 12.8. The maximum atomic E-state index is 12.8. The number of alkyl halides is 3. The first kappa shape index (κ1) is 14.4. The van der Waals surface area contributed by atoms with E-state index < -0.39 is 11.7 Å². The summed E-state index contributed by atoms with van der Waals surface area (Å²) in [5.41, 5.74) is 0.00634. The summed E-state index contributed by atoms with van der Waals surface area (Å²) >= 11 is 0. The van der Waals surface area contributed by atoms with Crippen molar-refractivity contribution in [2.75, 3.05) is 6.61 Å². The van der Waals surface area contributed by atoms with E-state index in [0.717, 1.165) is 25.3 Å². The topological polar surface area (TPSA) is 41.6 Å². The molecule has 3 atom stereocenters. The fraction of sp³-hybridized carbons (Fsp3) is 0.533. The van der Waals surface area contributed by atoms with E-state index in [1.54, 1.807) is 6.07 Å². The fourth-order valence-electron chi connectivity index (χ4n) is 2.95. The van der Waals surface area contributed by atoms with Gasteiger partial charge >= 0.3 is 6.18 Å². The predicted octanol–water partition coefficient (Wildman–Crippen LogP) is 2.86. The highest BCUT2D eigenvalue weighted by molar-refractivity contribution is 5.83. The van der Waals surface area contributed by atoms with Crippen LogP contribution in [0.5, 0.6) is 0 Å². The van der Waals surface area contributed by atoms with Crippen LogP contribution in [0.4, 0.5) is 13.2 Å². The predicted molar refractivity (Wildman–Crippen MR) is 69.7 cm³/mol. The summed E-state index contributed by atoms with van der Waals surface area (Å²) in [5.74, 6) is -0.214. The first-order valence-electron chi connectivity index (χ1n) is 7.04. The molecule has 21 heavy (non-hydrogen) atoms. The number of nitrogens with one attached hydrogen (secondary N) is 1. The Hall–Kier alpha value is -1.56. The third kappa shape index (κ3) is 3.20. The number of amides is 1.